The number of amides is 1. The first kappa shape index (κ1) is 16.5. The van der Waals surface area contributed by atoms with E-state index >= 15 is 0 Å². The van der Waals surface area contributed by atoms with Crippen LogP contribution in [0.25, 0.3) is 0 Å². The van der Waals surface area contributed by atoms with Gasteiger partial charge in [0, 0.05) is 19.7 Å². The number of piperidine rings is 1. The van der Waals surface area contributed by atoms with Crippen molar-refractivity contribution in [3.8, 4) is 0 Å². The van der Waals surface area contributed by atoms with Crippen LogP contribution in [0, 0.1) is 0 Å². The Hall–Kier alpha value is -2.00. The van der Waals surface area contributed by atoms with E-state index in [9.17, 15) is 4.79 Å². The van der Waals surface area contributed by atoms with Crippen molar-refractivity contribution in [1.82, 2.24) is 14.9 Å². The normalized spacial score (nSPS) is 23.3. The lowest BCUT2D eigenvalue weighted by Crippen LogP contribution is -2.51. The molecule has 0 aliphatic carbocycles. The second-order valence-corrected chi connectivity index (χ2v) is 8.66. The van der Waals surface area contributed by atoms with Crippen LogP contribution in [0.2, 0.25) is 0 Å². The molecule has 0 unspecified atom stereocenters. The Morgan fingerprint density at radius 2 is 2.28 bits per heavy atom. The molecule has 132 valence electrons. The summed E-state index contributed by atoms with van der Waals surface area (Å²) in [7, 11) is 1.77. The maximum absolute atomic E-state index is 11.8. The minimum absolute atomic E-state index is 0.252. The third-order valence-electron chi connectivity index (χ3n) is 4.41. The second-order valence-electron chi connectivity index (χ2n) is 6.39. The van der Waals surface area contributed by atoms with Crippen LogP contribution in [0.5, 0.6) is 0 Å². The van der Waals surface area contributed by atoms with Crippen LogP contribution in [-0.4, -0.2) is 53.2 Å². The first-order valence-electron chi connectivity index (χ1n) is 8.08. The molecule has 4 rings (SSSR count). The molecule has 1 amide bonds. The first-order valence-corrected chi connectivity index (χ1v) is 9.78. The molecule has 25 heavy (non-hydrogen) atoms. The van der Waals surface area contributed by atoms with Crippen molar-refractivity contribution in [1.29, 1.82) is 0 Å². The third kappa shape index (κ3) is 3.38. The second kappa shape index (κ2) is 6.38. The van der Waals surface area contributed by atoms with E-state index < -0.39 is 5.60 Å². The molecule has 2 aromatic heterocycles. The number of aromatic nitrogens is 2. The molecular weight excluding hydrogens is 358 g/mol. The lowest BCUT2D eigenvalue weighted by molar-refractivity contribution is 0.0445. The van der Waals surface area contributed by atoms with Gasteiger partial charge in [0.25, 0.3) is 0 Å². The number of likely N-dealkylation sites (N-methyl/N-ethyl adjacent to an activating group) is 1. The topological polar surface area (TPSA) is 84.6 Å². The molecule has 7 nitrogen and oxygen atoms in total. The molecule has 1 atom stereocenters. The Morgan fingerprint density at radius 3 is 3.00 bits per heavy atom. The maximum Gasteiger partial charge on any atom is 0.410 e. The molecular formula is C16H19N5O2S2. The molecule has 0 radical (unpaired) electrons. The van der Waals surface area contributed by atoms with E-state index in [2.05, 4.69) is 20.9 Å². The number of hydrogen-bond acceptors (Lipinski definition) is 8. The highest BCUT2D eigenvalue weighted by Crippen LogP contribution is 2.35. The molecule has 1 spiro atoms. The highest BCUT2D eigenvalue weighted by atomic mass is 32.2. The summed E-state index contributed by atoms with van der Waals surface area (Å²) in [5.74, 6) is 1.05. The number of thiophene rings is 1. The van der Waals surface area contributed by atoms with Gasteiger partial charge in [0.15, 0.2) is 0 Å². The zero-order chi connectivity index (χ0) is 17.4. The number of nitrogens with zero attached hydrogens (tertiary/aromatic N) is 4. The summed E-state index contributed by atoms with van der Waals surface area (Å²) in [6.07, 6.45) is 1.56. The molecule has 9 heteroatoms. The van der Waals surface area contributed by atoms with Gasteiger partial charge >= 0.3 is 6.09 Å². The van der Waals surface area contributed by atoms with Crippen LogP contribution in [0.1, 0.15) is 12.8 Å². The van der Waals surface area contributed by atoms with Gasteiger partial charge in [-0.15, -0.1) is 11.3 Å². The molecule has 0 saturated carbocycles. The van der Waals surface area contributed by atoms with Gasteiger partial charge in [-0.2, -0.15) is 4.98 Å². The van der Waals surface area contributed by atoms with Crippen molar-refractivity contribution in [3.63, 3.8) is 0 Å². The largest absolute Gasteiger partial charge is 0.439 e. The number of rotatable bonds is 3. The minimum atomic E-state index is -0.454. The van der Waals surface area contributed by atoms with Crippen LogP contribution in [0.4, 0.5) is 16.6 Å². The molecule has 2 N–H and O–H groups in total. The average Bonchev–Trinajstić information content (AvgIpc) is 3.15. The number of ether oxygens (including phenoxy) is 1. The fourth-order valence-electron chi connectivity index (χ4n) is 3.37. The molecule has 2 aliphatic rings. The van der Waals surface area contributed by atoms with E-state index in [0.717, 1.165) is 34.4 Å². The van der Waals surface area contributed by atoms with Crippen molar-refractivity contribution < 1.29 is 9.53 Å². The molecule has 0 bridgehead atoms. The van der Waals surface area contributed by atoms with E-state index in [0.29, 0.717) is 13.1 Å². The first-order chi connectivity index (χ1) is 12.0. The standard InChI is InChI=1S/C16H19N5O2S2/c1-20-9-16(23-15(20)22)5-3-6-21(10-16)11-8-12(19-14(17)18-11)25-13-4-2-7-24-13/h2,4,7-8H,3,5-6,9-10H2,1H3,(H2,17,18,19)/t16-/m0/s1. The van der Waals surface area contributed by atoms with Crippen molar-refractivity contribution in [2.24, 2.45) is 0 Å². The molecule has 2 aliphatic heterocycles. The Kier molecular flexibility index (Phi) is 4.20. The number of nitrogens with two attached hydrogens (primary N) is 1. The highest BCUT2D eigenvalue weighted by molar-refractivity contribution is 8.01. The summed E-state index contributed by atoms with van der Waals surface area (Å²) in [6, 6.07) is 6.02. The van der Waals surface area contributed by atoms with Crippen molar-refractivity contribution >= 4 is 41.0 Å². The van der Waals surface area contributed by atoms with Crippen LogP contribution in [0.3, 0.4) is 0 Å². The van der Waals surface area contributed by atoms with Crippen LogP contribution in [0.15, 0.2) is 32.8 Å². The Bertz CT molecular complexity index is 785. The maximum atomic E-state index is 11.8. The summed E-state index contributed by atoms with van der Waals surface area (Å²) in [5, 5.41) is 2.86. The minimum Gasteiger partial charge on any atom is -0.439 e. The Morgan fingerprint density at radius 1 is 1.40 bits per heavy atom. The predicted octanol–water partition coefficient (Wildman–Crippen LogP) is 2.69. The Balaban J connectivity index is 1.56. The number of carbonyl (C=O) groups excluding carboxylic acids is 1. The van der Waals surface area contributed by atoms with Gasteiger partial charge in [0.05, 0.1) is 17.3 Å². The summed E-state index contributed by atoms with van der Waals surface area (Å²) >= 11 is 3.24. The SMILES string of the molecule is CN1C[C@]2(CCCN(c3cc(Sc4cccs4)nc(N)n3)C2)OC1=O. The fraction of sp³-hybridized carbons (Fsp3) is 0.438. The molecule has 2 saturated heterocycles. The number of carbonyl (C=O) groups is 1. The van der Waals surface area contributed by atoms with Gasteiger partial charge < -0.3 is 20.3 Å². The average molecular weight is 377 g/mol. The summed E-state index contributed by atoms with van der Waals surface area (Å²) in [4.78, 5) is 24.3. The molecule has 2 fully saturated rings. The molecule has 0 aromatic carbocycles. The Labute approximate surface area is 154 Å². The predicted molar refractivity (Wildman–Crippen MR) is 98.2 cm³/mol. The monoisotopic (exact) mass is 377 g/mol. The molecule has 2 aromatic rings. The zero-order valence-corrected chi connectivity index (χ0v) is 15.5. The number of anilines is 2. The van der Waals surface area contributed by atoms with Gasteiger partial charge in [-0.1, -0.05) is 17.8 Å². The van der Waals surface area contributed by atoms with Crippen LogP contribution in [-0.2, 0) is 4.74 Å². The van der Waals surface area contributed by atoms with Gasteiger partial charge in [-0.3, -0.25) is 0 Å². The van der Waals surface area contributed by atoms with Crippen molar-refractivity contribution in [2.75, 3.05) is 37.3 Å². The van der Waals surface area contributed by atoms with E-state index in [1.54, 1.807) is 35.0 Å². The smallest absolute Gasteiger partial charge is 0.410 e. The van der Waals surface area contributed by atoms with Crippen LogP contribution >= 0.6 is 23.1 Å². The number of nitrogen functional groups attached to an aromatic ring is 1. The third-order valence-corrected chi connectivity index (χ3v) is 6.37. The van der Waals surface area contributed by atoms with Gasteiger partial charge in [-0.25, -0.2) is 9.78 Å². The summed E-state index contributed by atoms with van der Waals surface area (Å²) in [6.45, 7) is 2.10. The van der Waals surface area contributed by atoms with E-state index in [1.165, 1.54) is 0 Å². The lowest BCUT2D eigenvalue weighted by atomic mass is 9.93. The fourth-order valence-corrected chi connectivity index (χ4v) is 5.09. The quantitative estimate of drug-likeness (QED) is 0.823. The lowest BCUT2D eigenvalue weighted by Gasteiger charge is -2.39. The van der Waals surface area contributed by atoms with E-state index in [1.807, 2.05) is 17.5 Å². The van der Waals surface area contributed by atoms with Crippen molar-refractivity contribution in [2.45, 2.75) is 27.7 Å². The van der Waals surface area contributed by atoms with E-state index in [-0.39, 0.29) is 12.0 Å². The molecule has 4 heterocycles. The van der Waals surface area contributed by atoms with Crippen LogP contribution < -0.4 is 10.6 Å². The van der Waals surface area contributed by atoms with E-state index in [4.69, 9.17) is 10.5 Å². The van der Waals surface area contributed by atoms with Gasteiger partial charge in [0.2, 0.25) is 5.95 Å². The summed E-state index contributed by atoms with van der Waals surface area (Å²) in [5.41, 5.74) is 5.48. The number of hydrogen-bond donors (Lipinski definition) is 1. The van der Waals surface area contributed by atoms with Crippen molar-refractivity contribution in [3.05, 3.63) is 23.6 Å². The highest BCUT2D eigenvalue weighted by Gasteiger charge is 2.46. The summed E-state index contributed by atoms with van der Waals surface area (Å²) < 4.78 is 6.82. The van der Waals surface area contributed by atoms with Gasteiger partial charge in [0.1, 0.15) is 16.4 Å². The zero-order valence-electron chi connectivity index (χ0n) is 13.8. The van der Waals surface area contributed by atoms with Gasteiger partial charge in [-0.05, 0) is 24.3 Å².